The maximum atomic E-state index is 2.54. The second-order valence-corrected chi connectivity index (χ2v) is 13.0. The molecule has 2 bridgehead atoms. The van der Waals surface area contributed by atoms with Gasteiger partial charge in [0.2, 0.25) is 0 Å². The molecule has 3 unspecified atom stereocenters. The Kier molecular flexibility index (Phi) is 5.88. The molecule has 9 rings (SSSR count). The van der Waals surface area contributed by atoms with E-state index in [-0.39, 0.29) is 5.41 Å². The summed E-state index contributed by atoms with van der Waals surface area (Å²) in [5.74, 6) is 1.66. The molecule has 0 saturated heterocycles. The summed E-state index contributed by atoms with van der Waals surface area (Å²) in [4.78, 5) is 2.35. The maximum Gasteiger partial charge on any atom is 0.0462 e. The van der Waals surface area contributed by atoms with Crippen LogP contribution in [0.2, 0.25) is 0 Å². The van der Waals surface area contributed by atoms with E-state index < -0.39 is 0 Å². The van der Waals surface area contributed by atoms with Crippen LogP contribution in [-0.4, -0.2) is 0 Å². The summed E-state index contributed by atoms with van der Waals surface area (Å²) in [5, 5.41) is 0. The van der Waals surface area contributed by atoms with Crippen LogP contribution in [0.4, 0.5) is 17.1 Å². The Hall–Kier alpha value is -4.88. The zero-order chi connectivity index (χ0) is 29.1. The third-order valence-corrected chi connectivity index (χ3v) is 10.8. The highest BCUT2D eigenvalue weighted by atomic mass is 15.1. The van der Waals surface area contributed by atoms with E-state index in [1.807, 2.05) is 0 Å². The number of para-hydroxylation sites is 1. The summed E-state index contributed by atoms with van der Waals surface area (Å²) in [7, 11) is 0. The predicted octanol–water partition coefficient (Wildman–Crippen LogP) is 11.6. The molecule has 0 radical (unpaired) electrons. The maximum absolute atomic E-state index is 2.54. The van der Waals surface area contributed by atoms with E-state index in [9.17, 15) is 0 Å². The van der Waals surface area contributed by atoms with E-state index in [0.29, 0.717) is 0 Å². The lowest BCUT2D eigenvalue weighted by atomic mass is 9.66. The molecule has 2 saturated carbocycles. The number of hydrogen-bond donors (Lipinski definition) is 0. The number of nitrogens with zero attached hydrogens (tertiary/aromatic N) is 1. The molecule has 0 amide bonds. The molecular formula is C43H35N. The number of rotatable bonds is 5. The second-order valence-electron chi connectivity index (χ2n) is 13.0. The van der Waals surface area contributed by atoms with Crippen LogP contribution in [0.1, 0.15) is 36.8 Å². The van der Waals surface area contributed by atoms with Crippen molar-refractivity contribution in [2.45, 2.75) is 31.1 Å². The molecule has 3 aliphatic rings. The van der Waals surface area contributed by atoms with Crippen molar-refractivity contribution in [3.05, 3.63) is 163 Å². The van der Waals surface area contributed by atoms with Crippen molar-refractivity contribution in [3.63, 3.8) is 0 Å². The number of hydrogen-bond acceptors (Lipinski definition) is 1. The van der Waals surface area contributed by atoms with Gasteiger partial charge in [-0.2, -0.15) is 0 Å². The van der Waals surface area contributed by atoms with E-state index in [1.54, 1.807) is 11.1 Å². The van der Waals surface area contributed by atoms with Crippen molar-refractivity contribution < 1.29 is 0 Å². The Balaban J connectivity index is 1.08. The number of anilines is 3. The van der Waals surface area contributed by atoms with Gasteiger partial charge in [0.25, 0.3) is 0 Å². The van der Waals surface area contributed by atoms with Crippen molar-refractivity contribution in [2.75, 3.05) is 4.90 Å². The average Bonchev–Trinajstić information content (AvgIpc) is 3.79. The van der Waals surface area contributed by atoms with Crippen LogP contribution < -0.4 is 4.90 Å². The lowest BCUT2D eigenvalue weighted by molar-refractivity contribution is 0.327. The minimum Gasteiger partial charge on any atom is -0.311 e. The lowest BCUT2D eigenvalue weighted by Gasteiger charge is -2.36. The fraction of sp³-hybridized carbons (Fsp3) is 0.163. The normalized spacial score (nSPS) is 20.9. The lowest BCUT2D eigenvalue weighted by Crippen LogP contribution is -2.31. The summed E-state index contributed by atoms with van der Waals surface area (Å²) in [6, 6.07) is 55.9. The quantitative estimate of drug-likeness (QED) is 0.201. The van der Waals surface area contributed by atoms with Crippen LogP contribution >= 0.6 is 0 Å². The van der Waals surface area contributed by atoms with E-state index in [0.717, 1.165) is 28.9 Å². The van der Waals surface area contributed by atoms with Gasteiger partial charge in [0, 0.05) is 22.5 Å². The van der Waals surface area contributed by atoms with Gasteiger partial charge < -0.3 is 4.90 Å². The van der Waals surface area contributed by atoms with Crippen molar-refractivity contribution in [3.8, 4) is 33.4 Å². The van der Waals surface area contributed by atoms with E-state index in [1.165, 1.54) is 59.1 Å². The molecule has 0 heterocycles. The minimum atomic E-state index is 0.209. The highest BCUT2D eigenvalue weighted by molar-refractivity contribution is 5.85. The molecule has 0 aromatic heterocycles. The third kappa shape index (κ3) is 3.92. The fourth-order valence-electron chi connectivity index (χ4n) is 8.83. The van der Waals surface area contributed by atoms with E-state index >= 15 is 0 Å². The van der Waals surface area contributed by atoms with Crippen LogP contribution in [0.5, 0.6) is 0 Å². The van der Waals surface area contributed by atoms with Crippen molar-refractivity contribution in [1.29, 1.82) is 0 Å². The molecule has 1 nitrogen and oxygen atoms in total. The molecule has 3 atom stereocenters. The standard InChI is InChI=1S/C43H35N/c1-3-9-31(10-4-1)32-16-22-37(23-17-32)44(36-11-5-2-6-12-36)38-24-18-33(19-25-38)34-20-26-40-39-13-7-8-14-41(39)43(42(40)28-34)29-30-15-21-35(43)27-30/h1-14,16-20,22-26,28,30,35H,15,21,27,29H2. The summed E-state index contributed by atoms with van der Waals surface area (Å²) >= 11 is 0. The highest BCUT2D eigenvalue weighted by Gasteiger charge is 2.56. The Morgan fingerprint density at radius 2 is 1.00 bits per heavy atom. The van der Waals surface area contributed by atoms with Crippen LogP contribution in [0, 0.1) is 11.8 Å². The Labute approximate surface area is 260 Å². The molecule has 3 aliphatic carbocycles. The smallest absolute Gasteiger partial charge is 0.0462 e. The number of benzene rings is 6. The van der Waals surface area contributed by atoms with Crippen molar-refractivity contribution in [2.24, 2.45) is 11.8 Å². The third-order valence-electron chi connectivity index (χ3n) is 10.8. The first kappa shape index (κ1) is 25.6. The molecule has 1 spiro atoms. The van der Waals surface area contributed by atoms with Gasteiger partial charge in [0.05, 0.1) is 0 Å². The van der Waals surface area contributed by atoms with Gasteiger partial charge in [-0.3, -0.25) is 0 Å². The first-order valence-electron chi connectivity index (χ1n) is 16.1. The Morgan fingerprint density at radius 1 is 0.455 bits per heavy atom. The average molecular weight is 566 g/mol. The molecule has 0 N–H and O–H groups in total. The first-order chi connectivity index (χ1) is 21.8. The molecule has 212 valence electrons. The zero-order valence-electron chi connectivity index (χ0n) is 24.9. The van der Waals surface area contributed by atoms with Crippen molar-refractivity contribution in [1.82, 2.24) is 0 Å². The summed E-state index contributed by atoms with van der Waals surface area (Å²) in [6.45, 7) is 0. The van der Waals surface area contributed by atoms with Gasteiger partial charge in [0.15, 0.2) is 0 Å². The fourth-order valence-corrected chi connectivity index (χ4v) is 8.83. The summed E-state index contributed by atoms with van der Waals surface area (Å²) in [5.41, 5.74) is 14.8. The van der Waals surface area contributed by atoms with Gasteiger partial charge in [0.1, 0.15) is 0 Å². The molecular weight excluding hydrogens is 530 g/mol. The van der Waals surface area contributed by atoms with Crippen LogP contribution in [-0.2, 0) is 5.41 Å². The highest BCUT2D eigenvalue weighted by Crippen LogP contribution is 2.65. The molecule has 1 heteroatoms. The SMILES string of the molecule is c1ccc(-c2ccc(N(c3ccccc3)c3ccc(-c4ccc5c(c4)C4(CC6CCC4C6)c4ccccc4-5)cc3)cc2)cc1. The van der Waals surface area contributed by atoms with Crippen LogP contribution in [0.25, 0.3) is 33.4 Å². The van der Waals surface area contributed by atoms with Gasteiger partial charge in [-0.25, -0.2) is 0 Å². The van der Waals surface area contributed by atoms with E-state index in [4.69, 9.17) is 0 Å². The molecule has 6 aromatic carbocycles. The van der Waals surface area contributed by atoms with Gasteiger partial charge in [-0.1, -0.05) is 116 Å². The summed E-state index contributed by atoms with van der Waals surface area (Å²) < 4.78 is 0. The molecule has 0 aliphatic heterocycles. The monoisotopic (exact) mass is 565 g/mol. The van der Waals surface area contributed by atoms with Gasteiger partial charge in [-0.15, -0.1) is 0 Å². The molecule has 44 heavy (non-hydrogen) atoms. The minimum absolute atomic E-state index is 0.209. The van der Waals surface area contributed by atoms with Crippen LogP contribution in [0.3, 0.4) is 0 Å². The first-order valence-corrected chi connectivity index (χ1v) is 16.1. The second kappa shape index (κ2) is 10.1. The molecule has 6 aromatic rings. The van der Waals surface area contributed by atoms with Crippen LogP contribution in [0.15, 0.2) is 152 Å². The van der Waals surface area contributed by atoms with Gasteiger partial charge in [-0.05, 0) is 118 Å². The summed E-state index contributed by atoms with van der Waals surface area (Å²) in [6.07, 6.45) is 5.50. The Bertz CT molecular complexity index is 1960. The molecule has 2 fully saturated rings. The zero-order valence-corrected chi connectivity index (χ0v) is 24.9. The largest absolute Gasteiger partial charge is 0.311 e. The number of fused-ring (bicyclic) bond motifs is 8. The predicted molar refractivity (Wildman–Crippen MR) is 184 cm³/mol. The van der Waals surface area contributed by atoms with E-state index in [2.05, 4.69) is 157 Å². The topological polar surface area (TPSA) is 3.24 Å². The Morgan fingerprint density at radius 3 is 1.66 bits per heavy atom. The van der Waals surface area contributed by atoms with Crippen molar-refractivity contribution >= 4 is 17.1 Å². The van der Waals surface area contributed by atoms with Gasteiger partial charge >= 0.3 is 0 Å².